The average Bonchev–Trinajstić information content (AvgIpc) is 2.96. The molecule has 25 heavy (non-hydrogen) atoms. The van der Waals surface area contributed by atoms with Gasteiger partial charge in [0.1, 0.15) is 10.8 Å². The number of hydrogen-bond donors (Lipinski definition) is 1. The van der Waals surface area contributed by atoms with Gasteiger partial charge in [-0.15, -0.1) is 11.3 Å². The third-order valence-electron chi connectivity index (χ3n) is 3.75. The number of carbonyl (C=O) groups excluding carboxylic acids is 1. The first-order valence-electron chi connectivity index (χ1n) is 7.76. The molecule has 128 valence electrons. The molecule has 3 aromatic rings. The molecule has 0 radical (unpaired) electrons. The highest BCUT2D eigenvalue weighted by molar-refractivity contribution is 7.15. The molecule has 6 heteroatoms. The van der Waals surface area contributed by atoms with Crippen molar-refractivity contribution in [2.24, 2.45) is 0 Å². The minimum Gasteiger partial charge on any atom is -0.351 e. The van der Waals surface area contributed by atoms with Crippen LogP contribution in [0.3, 0.4) is 0 Å². The van der Waals surface area contributed by atoms with E-state index in [-0.39, 0.29) is 18.1 Å². The van der Waals surface area contributed by atoms with Crippen LogP contribution in [0.2, 0.25) is 5.02 Å². The summed E-state index contributed by atoms with van der Waals surface area (Å²) in [6.45, 7) is 2.26. The number of nitrogens with one attached hydrogen (secondary N) is 1. The standard InChI is InChI=1S/C19H16ClFN2OS/c1-12-17(25-19(23-12)14-7-3-4-8-15(14)20)11-22-18(24)10-13-6-2-5-9-16(13)21/h2-9H,10-11H2,1H3,(H,22,24). The summed E-state index contributed by atoms with van der Waals surface area (Å²) >= 11 is 7.71. The number of hydrogen-bond acceptors (Lipinski definition) is 3. The Balaban J connectivity index is 1.67. The van der Waals surface area contributed by atoms with E-state index < -0.39 is 0 Å². The van der Waals surface area contributed by atoms with Crippen molar-refractivity contribution >= 4 is 28.8 Å². The molecule has 0 unspecified atom stereocenters. The van der Waals surface area contributed by atoms with Gasteiger partial charge in [0, 0.05) is 10.4 Å². The van der Waals surface area contributed by atoms with Gasteiger partial charge in [-0.1, -0.05) is 48.0 Å². The topological polar surface area (TPSA) is 42.0 Å². The lowest BCUT2D eigenvalue weighted by Gasteiger charge is -2.05. The number of nitrogens with zero attached hydrogens (tertiary/aromatic N) is 1. The molecule has 0 bridgehead atoms. The van der Waals surface area contributed by atoms with Crippen LogP contribution in [0.1, 0.15) is 16.1 Å². The minimum absolute atomic E-state index is 0.0158. The summed E-state index contributed by atoms with van der Waals surface area (Å²) in [4.78, 5) is 17.6. The van der Waals surface area contributed by atoms with Crippen molar-refractivity contribution in [1.82, 2.24) is 10.3 Å². The summed E-state index contributed by atoms with van der Waals surface area (Å²) in [5, 5.41) is 4.29. The molecule has 0 saturated heterocycles. The SMILES string of the molecule is Cc1nc(-c2ccccc2Cl)sc1CNC(=O)Cc1ccccc1F. The van der Waals surface area contributed by atoms with Gasteiger partial charge in [-0.05, 0) is 24.6 Å². The van der Waals surface area contributed by atoms with E-state index in [2.05, 4.69) is 10.3 Å². The zero-order valence-electron chi connectivity index (χ0n) is 13.6. The molecule has 0 aliphatic heterocycles. The summed E-state index contributed by atoms with van der Waals surface area (Å²) in [5.41, 5.74) is 2.12. The maximum atomic E-state index is 13.6. The number of rotatable bonds is 5. The molecule has 1 aromatic heterocycles. The Morgan fingerprint density at radius 3 is 2.68 bits per heavy atom. The second-order valence-corrected chi connectivity index (χ2v) is 7.04. The fourth-order valence-electron chi connectivity index (χ4n) is 2.40. The molecule has 0 aliphatic rings. The Labute approximate surface area is 154 Å². The van der Waals surface area contributed by atoms with Crippen LogP contribution in [0.25, 0.3) is 10.6 Å². The van der Waals surface area contributed by atoms with Crippen molar-refractivity contribution in [3.63, 3.8) is 0 Å². The zero-order chi connectivity index (χ0) is 17.8. The van der Waals surface area contributed by atoms with Gasteiger partial charge in [-0.2, -0.15) is 0 Å². The van der Waals surface area contributed by atoms with Crippen molar-refractivity contribution in [1.29, 1.82) is 0 Å². The molecule has 0 atom stereocenters. The Hall–Kier alpha value is -2.24. The van der Waals surface area contributed by atoms with Gasteiger partial charge in [0.15, 0.2) is 0 Å². The van der Waals surface area contributed by atoms with Crippen molar-refractivity contribution < 1.29 is 9.18 Å². The quantitative estimate of drug-likeness (QED) is 0.699. The lowest BCUT2D eigenvalue weighted by molar-refractivity contribution is -0.120. The lowest BCUT2D eigenvalue weighted by Crippen LogP contribution is -2.24. The van der Waals surface area contributed by atoms with Gasteiger partial charge in [0.05, 0.1) is 23.7 Å². The van der Waals surface area contributed by atoms with Crippen molar-refractivity contribution in [3.8, 4) is 10.6 Å². The highest BCUT2D eigenvalue weighted by Gasteiger charge is 2.13. The first-order chi connectivity index (χ1) is 12.0. The summed E-state index contributed by atoms with van der Waals surface area (Å²) in [7, 11) is 0. The highest BCUT2D eigenvalue weighted by atomic mass is 35.5. The molecule has 1 amide bonds. The van der Waals surface area contributed by atoms with E-state index in [0.717, 1.165) is 21.1 Å². The number of benzene rings is 2. The Bertz CT molecular complexity index is 910. The van der Waals surface area contributed by atoms with Crippen LogP contribution in [-0.4, -0.2) is 10.9 Å². The fraction of sp³-hybridized carbons (Fsp3) is 0.158. The van der Waals surface area contributed by atoms with Crippen molar-refractivity contribution in [3.05, 3.63) is 75.5 Å². The number of amides is 1. The zero-order valence-corrected chi connectivity index (χ0v) is 15.1. The predicted octanol–water partition coefficient (Wildman–Crippen LogP) is 4.77. The second kappa shape index (κ2) is 7.76. The molecule has 3 rings (SSSR count). The van der Waals surface area contributed by atoms with E-state index >= 15 is 0 Å². The van der Waals surface area contributed by atoms with Crippen LogP contribution in [0.4, 0.5) is 4.39 Å². The minimum atomic E-state index is -0.368. The molecule has 0 spiro atoms. The van der Waals surface area contributed by atoms with E-state index in [0.29, 0.717) is 17.1 Å². The lowest BCUT2D eigenvalue weighted by atomic mass is 10.1. The number of carbonyl (C=O) groups is 1. The summed E-state index contributed by atoms with van der Waals surface area (Å²) in [5.74, 6) is -0.593. The predicted molar refractivity (Wildman–Crippen MR) is 99.2 cm³/mol. The second-order valence-electron chi connectivity index (χ2n) is 5.55. The van der Waals surface area contributed by atoms with E-state index in [4.69, 9.17) is 11.6 Å². The largest absolute Gasteiger partial charge is 0.351 e. The molecule has 1 heterocycles. The average molecular weight is 375 g/mol. The van der Waals surface area contributed by atoms with Crippen LogP contribution in [-0.2, 0) is 17.8 Å². The first-order valence-corrected chi connectivity index (χ1v) is 8.95. The van der Waals surface area contributed by atoms with E-state index in [1.807, 2.05) is 31.2 Å². The van der Waals surface area contributed by atoms with E-state index in [1.165, 1.54) is 17.4 Å². The van der Waals surface area contributed by atoms with Crippen LogP contribution in [0, 0.1) is 12.7 Å². The van der Waals surface area contributed by atoms with Crippen LogP contribution >= 0.6 is 22.9 Å². The molecule has 3 nitrogen and oxygen atoms in total. The van der Waals surface area contributed by atoms with Crippen molar-refractivity contribution in [2.75, 3.05) is 0 Å². The van der Waals surface area contributed by atoms with Crippen LogP contribution in [0.15, 0.2) is 48.5 Å². The van der Waals surface area contributed by atoms with Crippen LogP contribution < -0.4 is 5.32 Å². The molecule has 0 aliphatic carbocycles. The Morgan fingerprint density at radius 2 is 1.92 bits per heavy atom. The fourth-order valence-corrected chi connectivity index (χ4v) is 3.72. The van der Waals surface area contributed by atoms with Crippen LogP contribution in [0.5, 0.6) is 0 Å². The van der Waals surface area contributed by atoms with E-state index in [9.17, 15) is 9.18 Å². The smallest absolute Gasteiger partial charge is 0.224 e. The number of aryl methyl sites for hydroxylation is 1. The number of thiazole rings is 1. The van der Waals surface area contributed by atoms with Crippen molar-refractivity contribution in [2.45, 2.75) is 19.9 Å². The third kappa shape index (κ3) is 4.24. The third-order valence-corrected chi connectivity index (χ3v) is 5.27. The number of aromatic nitrogens is 1. The summed E-state index contributed by atoms with van der Waals surface area (Å²) in [6.07, 6.45) is 0.0158. The van der Waals surface area contributed by atoms with Gasteiger partial charge in [0.2, 0.25) is 5.91 Å². The molecule has 1 N–H and O–H groups in total. The van der Waals surface area contributed by atoms with Gasteiger partial charge in [0.25, 0.3) is 0 Å². The molecular formula is C19H16ClFN2OS. The normalized spacial score (nSPS) is 10.7. The molecular weight excluding hydrogens is 359 g/mol. The van der Waals surface area contributed by atoms with Gasteiger partial charge in [-0.3, -0.25) is 4.79 Å². The maximum Gasteiger partial charge on any atom is 0.224 e. The summed E-state index contributed by atoms with van der Waals surface area (Å²) < 4.78 is 13.6. The highest BCUT2D eigenvalue weighted by Crippen LogP contribution is 2.32. The number of halogens is 2. The van der Waals surface area contributed by atoms with E-state index in [1.54, 1.807) is 18.2 Å². The molecule has 2 aromatic carbocycles. The Morgan fingerprint density at radius 1 is 1.20 bits per heavy atom. The Kier molecular flexibility index (Phi) is 5.46. The van der Waals surface area contributed by atoms with Gasteiger partial charge in [-0.25, -0.2) is 9.37 Å². The van der Waals surface area contributed by atoms with Gasteiger partial charge < -0.3 is 5.32 Å². The maximum absolute atomic E-state index is 13.6. The molecule has 0 saturated carbocycles. The first kappa shape index (κ1) is 17.6. The monoisotopic (exact) mass is 374 g/mol. The molecule has 0 fully saturated rings. The summed E-state index contributed by atoms with van der Waals surface area (Å²) in [6, 6.07) is 13.8. The van der Waals surface area contributed by atoms with Gasteiger partial charge >= 0.3 is 0 Å².